The first-order chi connectivity index (χ1) is 6.83. The minimum absolute atomic E-state index is 0.0898. The van der Waals surface area contributed by atoms with Gasteiger partial charge < -0.3 is 5.73 Å². The van der Waals surface area contributed by atoms with E-state index in [4.69, 9.17) is 5.73 Å². The number of fused-ring (bicyclic) bond motifs is 2. The van der Waals surface area contributed by atoms with Crippen molar-refractivity contribution in [2.75, 3.05) is 0 Å². The second-order valence-corrected chi connectivity index (χ2v) is 6.73. The summed E-state index contributed by atoms with van der Waals surface area (Å²) < 4.78 is 0. The minimum atomic E-state index is -0.238. The molecule has 1 amide bonds. The van der Waals surface area contributed by atoms with Gasteiger partial charge >= 0.3 is 0 Å². The van der Waals surface area contributed by atoms with E-state index in [1.807, 2.05) is 0 Å². The smallest absolute Gasteiger partial charge is 0.223 e. The molecule has 86 valence electrons. The van der Waals surface area contributed by atoms with Crippen LogP contribution in [0, 0.1) is 22.7 Å². The number of carbonyl (C=O) groups is 1. The van der Waals surface area contributed by atoms with E-state index in [0.717, 1.165) is 24.7 Å². The van der Waals surface area contributed by atoms with Gasteiger partial charge in [0.15, 0.2) is 0 Å². The van der Waals surface area contributed by atoms with E-state index in [2.05, 4.69) is 20.8 Å². The minimum Gasteiger partial charge on any atom is -0.369 e. The lowest BCUT2D eigenvalue weighted by molar-refractivity contribution is -0.135. The molecule has 4 unspecified atom stereocenters. The molecule has 2 fully saturated rings. The maximum Gasteiger partial charge on any atom is 0.223 e. The summed E-state index contributed by atoms with van der Waals surface area (Å²) in [6.45, 7) is 6.75. The SMILES string of the molecule is CC1CC2CC(C)(C1)CC(C)(C(N)=O)C2. The van der Waals surface area contributed by atoms with Crippen LogP contribution in [-0.2, 0) is 4.79 Å². The van der Waals surface area contributed by atoms with E-state index in [-0.39, 0.29) is 11.3 Å². The zero-order valence-corrected chi connectivity index (χ0v) is 10.2. The van der Waals surface area contributed by atoms with E-state index < -0.39 is 0 Å². The number of amides is 1. The fraction of sp³-hybridized carbons (Fsp3) is 0.923. The largest absolute Gasteiger partial charge is 0.369 e. The van der Waals surface area contributed by atoms with Crippen molar-refractivity contribution in [2.24, 2.45) is 28.4 Å². The molecule has 2 saturated carbocycles. The molecule has 4 atom stereocenters. The molecule has 2 rings (SSSR count). The van der Waals surface area contributed by atoms with Gasteiger partial charge in [0, 0.05) is 5.41 Å². The first-order valence-corrected chi connectivity index (χ1v) is 6.13. The average Bonchev–Trinajstić information content (AvgIpc) is 1.97. The Hall–Kier alpha value is -0.530. The van der Waals surface area contributed by atoms with E-state index >= 15 is 0 Å². The van der Waals surface area contributed by atoms with Crippen LogP contribution in [-0.4, -0.2) is 5.91 Å². The molecule has 2 aliphatic carbocycles. The summed E-state index contributed by atoms with van der Waals surface area (Å²) in [4.78, 5) is 11.6. The van der Waals surface area contributed by atoms with Crippen LogP contribution >= 0.6 is 0 Å². The molecule has 15 heavy (non-hydrogen) atoms. The lowest BCUT2D eigenvalue weighted by atomic mass is 9.53. The second kappa shape index (κ2) is 3.23. The highest BCUT2D eigenvalue weighted by molar-refractivity contribution is 5.80. The molecule has 0 aromatic heterocycles. The number of primary amides is 1. The zero-order valence-electron chi connectivity index (χ0n) is 10.2. The van der Waals surface area contributed by atoms with Crippen molar-refractivity contribution in [3.05, 3.63) is 0 Å². The quantitative estimate of drug-likeness (QED) is 0.709. The molecule has 0 aromatic rings. The lowest BCUT2D eigenvalue weighted by Gasteiger charge is -2.52. The topological polar surface area (TPSA) is 43.1 Å². The van der Waals surface area contributed by atoms with Crippen molar-refractivity contribution in [1.82, 2.24) is 0 Å². The highest BCUT2D eigenvalue weighted by atomic mass is 16.1. The van der Waals surface area contributed by atoms with Crippen LogP contribution in [0.4, 0.5) is 0 Å². The Morgan fingerprint density at radius 3 is 2.47 bits per heavy atom. The summed E-state index contributed by atoms with van der Waals surface area (Å²) in [7, 11) is 0. The van der Waals surface area contributed by atoms with Gasteiger partial charge in [-0.3, -0.25) is 4.79 Å². The van der Waals surface area contributed by atoms with Gasteiger partial charge in [0.2, 0.25) is 5.91 Å². The third-order valence-electron chi connectivity index (χ3n) is 4.51. The standard InChI is InChI=1S/C13H23NO/c1-9-4-10-6-12(2,5-9)8-13(3,7-10)11(14)15/h9-10H,4-8H2,1-3H3,(H2,14,15). The molecule has 2 nitrogen and oxygen atoms in total. The van der Waals surface area contributed by atoms with Crippen molar-refractivity contribution in [2.45, 2.75) is 52.9 Å². The molecule has 0 aromatic carbocycles. The summed E-state index contributed by atoms with van der Waals surface area (Å²) in [6, 6.07) is 0. The molecule has 2 heteroatoms. The normalized spacial score (nSPS) is 50.1. The first kappa shape index (κ1) is 11.0. The number of carbonyl (C=O) groups excluding carboxylic acids is 1. The highest BCUT2D eigenvalue weighted by Crippen LogP contribution is 2.56. The van der Waals surface area contributed by atoms with Gasteiger partial charge in [-0.2, -0.15) is 0 Å². The monoisotopic (exact) mass is 209 g/mol. The molecule has 0 spiro atoms. The Bertz CT molecular complexity index is 284. The van der Waals surface area contributed by atoms with E-state index in [9.17, 15) is 4.79 Å². The predicted octanol–water partition coefficient (Wildman–Crippen LogP) is 2.71. The van der Waals surface area contributed by atoms with Crippen LogP contribution in [0.5, 0.6) is 0 Å². The van der Waals surface area contributed by atoms with Crippen molar-refractivity contribution in [1.29, 1.82) is 0 Å². The van der Waals surface area contributed by atoms with Crippen molar-refractivity contribution < 1.29 is 4.79 Å². The Balaban J connectivity index is 2.23. The van der Waals surface area contributed by atoms with Crippen LogP contribution in [0.2, 0.25) is 0 Å². The highest BCUT2D eigenvalue weighted by Gasteiger charge is 2.49. The molecule has 0 radical (unpaired) electrons. The maximum atomic E-state index is 11.6. The summed E-state index contributed by atoms with van der Waals surface area (Å²) >= 11 is 0. The molecular formula is C13H23NO. The Kier molecular flexibility index (Phi) is 2.36. The predicted molar refractivity (Wildman–Crippen MR) is 61.1 cm³/mol. The van der Waals surface area contributed by atoms with Crippen LogP contribution in [0.1, 0.15) is 52.9 Å². The zero-order chi connectivity index (χ0) is 11.3. The van der Waals surface area contributed by atoms with Crippen molar-refractivity contribution in [3.8, 4) is 0 Å². The first-order valence-electron chi connectivity index (χ1n) is 6.13. The fourth-order valence-electron chi connectivity index (χ4n) is 4.50. The van der Waals surface area contributed by atoms with Gasteiger partial charge in [-0.25, -0.2) is 0 Å². The van der Waals surface area contributed by atoms with Crippen LogP contribution in [0.25, 0.3) is 0 Å². The molecule has 2 N–H and O–H groups in total. The van der Waals surface area contributed by atoms with Crippen molar-refractivity contribution in [3.63, 3.8) is 0 Å². The third-order valence-corrected chi connectivity index (χ3v) is 4.51. The number of nitrogens with two attached hydrogens (primary N) is 1. The van der Waals surface area contributed by atoms with Gasteiger partial charge in [0.05, 0.1) is 0 Å². The molecule has 2 bridgehead atoms. The van der Waals surface area contributed by atoms with E-state index in [0.29, 0.717) is 5.41 Å². The van der Waals surface area contributed by atoms with Crippen LogP contribution < -0.4 is 5.73 Å². The maximum absolute atomic E-state index is 11.6. The van der Waals surface area contributed by atoms with Gasteiger partial charge in [-0.05, 0) is 49.4 Å². The second-order valence-electron chi connectivity index (χ2n) is 6.73. The van der Waals surface area contributed by atoms with Crippen LogP contribution in [0.3, 0.4) is 0 Å². The van der Waals surface area contributed by atoms with Crippen LogP contribution in [0.15, 0.2) is 0 Å². The molecule has 0 saturated heterocycles. The molecule has 2 aliphatic rings. The summed E-state index contributed by atoms with van der Waals surface area (Å²) in [6.07, 6.45) is 5.88. The Labute approximate surface area is 92.6 Å². The number of hydrogen-bond donors (Lipinski definition) is 1. The number of rotatable bonds is 1. The third kappa shape index (κ3) is 1.91. The van der Waals surface area contributed by atoms with E-state index in [1.54, 1.807) is 0 Å². The molecular weight excluding hydrogens is 186 g/mol. The van der Waals surface area contributed by atoms with Gasteiger partial charge in [0.25, 0.3) is 0 Å². The van der Waals surface area contributed by atoms with E-state index in [1.165, 1.54) is 19.3 Å². The molecule has 0 aliphatic heterocycles. The Morgan fingerprint density at radius 1 is 1.27 bits per heavy atom. The summed E-state index contributed by atoms with van der Waals surface area (Å²) in [5, 5.41) is 0. The van der Waals surface area contributed by atoms with Gasteiger partial charge in [0.1, 0.15) is 0 Å². The molecule has 0 heterocycles. The summed E-state index contributed by atoms with van der Waals surface area (Å²) in [5.74, 6) is 1.46. The Morgan fingerprint density at radius 2 is 1.93 bits per heavy atom. The average molecular weight is 209 g/mol. The van der Waals surface area contributed by atoms with Gasteiger partial charge in [-0.15, -0.1) is 0 Å². The van der Waals surface area contributed by atoms with Gasteiger partial charge in [-0.1, -0.05) is 20.8 Å². The summed E-state index contributed by atoms with van der Waals surface area (Å²) in [5.41, 5.74) is 5.69. The lowest BCUT2D eigenvalue weighted by Crippen LogP contribution is -2.48. The number of hydrogen-bond acceptors (Lipinski definition) is 1. The van der Waals surface area contributed by atoms with Crippen molar-refractivity contribution >= 4 is 5.91 Å². The fourth-order valence-corrected chi connectivity index (χ4v) is 4.50.